The number of ether oxygens (including phenoxy) is 1. The van der Waals surface area contributed by atoms with Crippen LogP contribution in [0.15, 0.2) is 18.5 Å². The Hall–Kier alpha value is -1.53. The SMILES string of the molecule is O=[N+]([O-])c1cnccc1C1CC12CC(O)CCO2. The molecule has 18 heavy (non-hydrogen) atoms. The second-order valence-corrected chi connectivity index (χ2v) is 5.01. The minimum atomic E-state index is -0.409. The van der Waals surface area contributed by atoms with Crippen LogP contribution in [0.3, 0.4) is 0 Å². The maximum absolute atomic E-state index is 11.0. The highest BCUT2D eigenvalue weighted by Gasteiger charge is 2.59. The first-order valence-corrected chi connectivity index (χ1v) is 6.03. The van der Waals surface area contributed by atoms with E-state index in [0.29, 0.717) is 25.0 Å². The van der Waals surface area contributed by atoms with Crippen molar-refractivity contribution in [2.24, 2.45) is 0 Å². The summed E-state index contributed by atoms with van der Waals surface area (Å²) in [6, 6.07) is 1.68. The lowest BCUT2D eigenvalue weighted by Gasteiger charge is -2.27. The van der Waals surface area contributed by atoms with Crippen molar-refractivity contribution in [1.29, 1.82) is 0 Å². The predicted molar refractivity (Wildman–Crippen MR) is 62.2 cm³/mol. The van der Waals surface area contributed by atoms with E-state index in [1.54, 1.807) is 12.3 Å². The number of aromatic nitrogens is 1. The molecule has 1 saturated carbocycles. The number of nitro groups is 1. The molecule has 1 aliphatic heterocycles. The van der Waals surface area contributed by atoms with Crippen LogP contribution in [0.2, 0.25) is 0 Å². The zero-order chi connectivity index (χ0) is 12.8. The lowest BCUT2D eigenvalue weighted by Crippen LogP contribution is -2.31. The number of aliphatic hydroxyl groups excluding tert-OH is 1. The number of hydrogen-bond donors (Lipinski definition) is 1. The largest absolute Gasteiger partial charge is 0.393 e. The van der Waals surface area contributed by atoms with Crippen LogP contribution in [0, 0.1) is 10.1 Å². The van der Waals surface area contributed by atoms with E-state index in [4.69, 9.17) is 4.74 Å². The lowest BCUT2D eigenvalue weighted by atomic mass is 9.99. The summed E-state index contributed by atoms with van der Waals surface area (Å²) in [5, 5.41) is 20.7. The average Bonchev–Trinajstić information content (AvgIpc) is 3.02. The Labute approximate surface area is 104 Å². The topological polar surface area (TPSA) is 85.5 Å². The maximum atomic E-state index is 11.0. The molecule has 0 aromatic carbocycles. The highest BCUT2D eigenvalue weighted by atomic mass is 16.6. The van der Waals surface area contributed by atoms with Gasteiger partial charge in [0.05, 0.1) is 16.6 Å². The van der Waals surface area contributed by atoms with Crippen molar-refractivity contribution in [3.8, 4) is 0 Å². The Kier molecular flexibility index (Phi) is 2.57. The summed E-state index contributed by atoms with van der Waals surface area (Å²) in [5.74, 6) is 0.0100. The molecule has 1 N–H and O–H groups in total. The summed E-state index contributed by atoms with van der Waals surface area (Å²) in [7, 11) is 0. The van der Waals surface area contributed by atoms with Crippen LogP contribution in [0.5, 0.6) is 0 Å². The van der Waals surface area contributed by atoms with Crippen LogP contribution in [0.4, 0.5) is 5.69 Å². The smallest absolute Gasteiger partial charge is 0.291 e. The molecule has 1 saturated heterocycles. The van der Waals surface area contributed by atoms with E-state index < -0.39 is 4.92 Å². The third-order valence-electron chi connectivity index (χ3n) is 3.85. The Morgan fingerprint density at radius 1 is 1.56 bits per heavy atom. The van der Waals surface area contributed by atoms with E-state index in [1.807, 2.05) is 0 Å². The third-order valence-corrected chi connectivity index (χ3v) is 3.85. The minimum absolute atomic E-state index is 0.0100. The number of hydrogen-bond acceptors (Lipinski definition) is 5. The molecule has 0 bridgehead atoms. The standard InChI is InChI=1S/C12H14N2O4/c15-8-2-4-18-12(5-8)6-10(12)9-1-3-13-7-11(9)14(16)17/h1,3,7-8,10,15H,2,4-6H2. The molecule has 2 heterocycles. The van der Waals surface area contributed by atoms with E-state index in [-0.39, 0.29) is 23.3 Å². The Bertz CT molecular complexity index is 493. The summed E-state index contributed by atoms with van der Waals surface area (Å²) in [6.45, 7) is 0.524. The summed E-state index contributed by atoms with van der Waals surface area (Å²) in [5.41, 5.74) is 0.330. The highest BCUT2D eigenvalue weighted by molar-refractivity contribution is 5.45. The number of pyridine rings is 1. The van der Waals surface area contributed by atoms with Crippen molar-refractivity contribution in [3.05, 3.63) is 34.1 Å². The molecular weight excluding hydrogens is 236 g/mol. The molecule has 1 aliphatic carbocycles. The molecule has 3 rings (SSSR count). The second-order valence-electron chi connectivity index (χ2n) is 5.01. The van der Waals surface area contributed by atoms with Gasteiger partial charge in [0, 0.05) is 30.7 Å². The number of aliphatic hydroxyl groups is 1. The van der Waals surface area contributed by atoms with Crippen LogP contribution in [0.1, 0.15) is 30.7 Å². The summed E-state index contributed by atoms with van der Waals surface area (Å²) in [4.78, 5) is 14.3. The van der Waals surface area contributed by atoms with Crippen molar-refractivity contribution in [1.82, 2.24) is 4.98 Å². The molecule has 96 valence electrons. The van der Waals surface area contributed by atoms with Gasteiger partial charge >= 0.3 is 0 Å². The fraction of sp³-hybridized carbons (Fsp3) is 0.583. The first kappa shape index (κ1) is 11.6. The van der Waals surface area contributed by atoms with Gasteiger partial charge in [0.2, 0.25) is 0 Å². The van der Waals surface area contributed by atoms with Crippen LogP contribution in [0.25, 0.3) is 0 Å². The van der Waals surface area contributed by atoms with Gasteiger partial charge in [0.15, 0.2) is 0 Å². The third kappa shape index (κ3) is 1.77. The monoisotopic (exact) mass is 250 g/mol. The normalized spacial score (nSPS) is 34.5. The Morgan fingerprint density at radius 2 is 2.39 bits per heavy atom. The zero-order valence-electron chi connectivity index (χ0n) is 9.78. The highest BCUT2D eigenvalue weighted by Crippen LogP contribution is 2.59. The van der Waals surface area contributed by atoms with E-state index in [9.17, 15) is 15.2 Å². The van der Waals surface area contributed by atoms with Gasteiger partial charge in [0.1, 0.15) is 6.20 Å². The van der Waals surface area contributed by atoms with Gasteiger partial charge in [0.25, 0.3) is 5.69 Å². The van der Waals surface area contributed by atoms with E-state index in [2.05, 4.69) is 4.98 Å². The van der Waals surface area contributed by atoms with Crippen molar-refractivity contribution < 1.29 is 14.8 Å². The van der Waals surface area contributed by atoms with Crippen molar-refractivity contribution in [2.75, 3.05) is 6.61 Å². The van der Waals surface area contributed by atoms with Gasteiger partial charge in [-0.15, -0.1) is 0 Å². The molecule has 0 amide bonds. The minimum Gasteiger partial charge on any atom is -0.393 e. The van der Waals surface area contributed by atoms with E-state index in [0.717, 1.165) is 6.42 Å². The number of rotatable bonds is 2. The molecule has 0 radical (unpaired) electrons. The first-order valence-electron chi connectivity index (χ1n) is 6.03. The van der Waals surface area contributed by atoms with Crippen LogP contribution in [-0.4, -0.2) is 33.3 Å². The summed E-state index contributed by atoms with van der Waals surface area (Å²) >= 11 is 0. The molecule has 1 aromatic heterocycles. The van der Waals surface area contributed by atoms with Crippen LogP contribution < -0.4 is 0 Å². The van der Waals surface area contributed by atoms with Gasteiger partial charge in [-0.1, -0.05) is 0 Å². The molecule has 1 aromatic rings. The van der Waals surface area contributed by atoms with Crippen LogP contribution in [-0.2, 0) is 4.74 Å². The fourth-order valence-corrected chi connectivity index (χ4v) is 2.87. The van der Waals surface area contributed by atoms with Crippen molar-refractivity contribution in [3.63, 3.8) is 0 Å². The molecule has 6 nitrogen and oxygen atoms in total. The molecule has 6 heteroatoms. The van der Waals surface area contributed by atoms with Gasteiger partial charge < -0.3 is 9.84 Å². The molecule has 1 spiro atoms. The van der Waals surface area contributed by atoms with E-state index >= 15 is 0 Å². The second kappa shape index (κ2) is 4.00. The molecular formula is C12H14N2O4. The van der Waals surface area contributed by atoms with Crippen molar-refractivity contribution in [2.45, 2.75) is 36.9 Å². The molecule has 3 unspecified atom stereocenters. The van der Waals surface area contributed by atoms with Gasteiger partial charge in [-0.05, 0) is 18.9 Å². The van der Waals surface area contributed by atoms with Gasteiger partial charge in [-0.2, -0.15) is 0 Å². The van der Waals surface area contributed by atoms with Gasteiger partial charge in [-0.25, -0.2) is 0 Å². The number of nitrogens with zero attached hydrogens (tertiary/aromatic N) is 2. The Balaban J connectivity index is 1.88. The average molecular weight is 250 g/mol. The molecule has 2 aliphatic rings. The van der Waals surface area contributed by atoms with Crippen LogP contribution >= 0.6 is 0 Å². The lowest BCUT2D eigenvalue weighted by molar-refractivity contribution is -0.386. The first-order chi connectivity index (χ1) is 8.62. The summed E-state index contributed by atoms with van der Waals surface area (Å²) < 4.78 is 5.75. The maximum Gasteiger partial charge on any atom is 0.291 e. The molecule has 2 fully saturated rings. The van der Waals surface area contributed by atoms with Gasteiger partial charge in [-0.3, -0.25) is 15.1 Å². The van der Waals surface area contributed by atoms with E-state index in [1.165, 1.54) is 6.20 Å². The molecule has 3 atom stereocenters. The predicted octanol–water partition coefficient (Wildman–Crippen LogP) is 1.39. The quantitative estimate of drug-likeness (QED) is 0.633. The summed E-state index contributed by atoms with van der Waals surface area (Å²) in [6.07, 6.45) is 4.44. The fourth-order valence-electron chi connectivity index (χ4n) is 2.87. The Morgan fingerprint density at radius 3 is 3.11 bits per heavy atom. The zero-order valence-corrected chi connectivity index (χ0v) is 9.78. The van der Waals surface area contributed by atoms with Crippen molar-refractivity contribution >= 4 is 5.69 Å².